The minimum atomic E-state index is -0.474. The Morgan fingerprint density at radius 1 is 1.33 bits per heavy atom. The zero-order valence-electron chi connectivity index (χ0n) is 12.6. The van der Waals surface area contributed by atoms with Crippen molar-refractivity contribution in [2.24, 2.45) is 0 Å². The second-order valence-corrected chi connectivity index (χ2v) is 5.25. The van der Waals surface area contributed by atoms with Gasteiger partial charge in [-0.1, -0.05) is 13.0 Å². The van der Waals surface area contributed by atoms with E-state index >= 15 is 0 Å². The number of nitrogens with zero attached hydrogens (tertiary/aromatic N) is 2. The predicted molar refractivity (Wildman–Crippen MR) is 84.2 cm³/mol. The van der Waals surface area contributed by atoms with Gasteiger partial charge in [0.05, 0.1) is 18.2 Å². The number of benzene rings is 1. The Bertz CT molecular complexity index is 630. The van der Waals surface area contributed by atoms with E-state index in [-0.39, 0.29) is 0 Å². The van der Waals surface area contributed by atoms with Crippen LogP contribution in [-0.2, 0) is 0 Å². The molecule has 0 fully saturated rings. The number of nitrogens with one attached hydrogen (secondary N) is 1. The van der Waals surface area contributed by atoms with Gasteiger partial charge in [0.15, 0.2) is 0 Å². The number of nitriles is 1. The van der Waals surface area contributed by atoms with Gasteiger partial charge in [0, 0.05) is 11.6 Å². The van der Waals surface area contributed by atoms with Gasteiger partial charge < -0.3 is 4.74 Å². The van der Waals surface area contributed by atoms with Crippen LogP contribution in [0.5, 0.6) is 5.75 Å². The van der Waals surface area contributed by atoms with Crippen molar-refractivity contribution in [1.82, 2.24) is 10.3 Å². The van der Waals surface area contributed by atoms with E-state index in [0.29, 0.717) is 6.61 Å². The van der Waals surface area contributed by atoms with E-state index in [9.17, 15) is 5.26 Å². The number of hydrogen-bond donors (Lipinski definition) is 1. The molecule has 0 aliphatic rings. The maximum atomic E-state index is 9.21. The van der Waals surface area contributed by atoms with Crippen LogP contribution in [0.2, 0.25) is 0 Å². The lowest BCUT2D eigenvalue weighted by molar-refractivity contribution is 0.289. The van der Waals surface area contributed by atoms with Crippen LogP contribution in [0.3, 0.4) is 0 Å². The summed E-state index contributed by atoms with van der Waals surface area (Å²) in [4.78, 5) is 4.31. The number of ether oxygens (including phenoxy) is 1. The molecule has 0 spiro atoms. The van der Waals surface area contributed by atoms with E-state index in [1.807, 2.05) is 44.2 Å². The molecule has 0 aliphatic carbocycles. The van der Waals surface area contributed by atoms with Gasteiger partial charge in [-0.3, -0.25) is 10.3 Å². The molecule has 1 heterocycles. The molecular weight excluding hydrogens is 262 g/mol. The van der Waals surface area contributed by atoms with Crippen molar-refractivity contribution in [1.29, 1.82) is 5.26 Å². The number of pyridine rings is 1. The number of fused-ring (bicyclic) bond motifs is 1. The van der Waals surface area contributed by atoms with Crippen LogP contribution in [0.25, 0.3) is 10.9 Å². The standard InChI is InChI=1S/C17H21N3O/c1-3-20-17(2,13-18)10-6-12-21-16-9-4-8-15-14(16)7-5-11-19-15/h4-5,7-9,11,20H,3,6,10,12H2,1-2H3. The average molecular weight is 283 g/mol. The Labute approximate surface area is 125 Å². The summed E-state index contributed by atoms with van der Waals surface area (Å²) in [6, 6.07) is 12.1. The van der Waals surface area contributed by atoms with Crippen LogP contribution in [0.4, 0.5) is 0 Å². The van der Waals surface area contributed by atoms with Gasteiger partial charge >= 0.3 is 0 Å². The maximum absolute atomic E-state index is 9.21. The summed E-state index contributed by atoms with van der Waals surface area (Å²) in [5, 5.41) is 13.4. The van der Waals surface area contributed by atoms with Crippen molar-refractivity contribution in [3.05, 3.63) is 36.5 Å². The summed E-state index contributed by atoms with van der Waals surface area (Å²) in [5.74, 6) is 0.850. The molecule has 1 aromatic heterocycles. The quantitative estimate of drug-likeness (QED) is 0.792. The van der Waals surface area contributed by atoms with Crippen molar-refractivity contribution >= 4 is 10.9 Å². The highest BCUT2D eigenvalue weighted by atomic mass is 16.5. The first-order chi connectivity index (χ1) is 10.2. The molecule has 0 radical (unpaired) electrons. The van der Waals surface area contributed by atoms with Crippen molar-refractivity contribution in [3.8, 4) is 11.8 Å². The molecule has 0 saturated carbocycles. The van der Waals surface area contributed by atoms with E-state index < -0.39 is 5.54 Å². The van der Waals surface area contributed by atoms with E-state index in [1.165, 1.54) is 0 Å². The molecule has 0 amide bonds. The summed E-state index contributed by atoms with van der Waals surface area (Å²) in [6.45, 7) is 5.32. The Morgan fingerprint density at radius 3 is 2.95 bits per heavy atom. The maximum Gasteiger partial charge on any atom is 0.128 e. The first-order valence-electron chi connectivity index (χ1n) is 7.31. The monoisotopic (exact) mass is 283 g/mol. The molecule has 1 atom stereocenters. The topological polar surface area (TPSA) is 57.9 Å². The fourth-order valence-electron chi connectivity index (χ4n) is 2.38. The second kappa shape index (κ2) is 7.05. The number of aromatic nitrogens is 1. The third-order valence-electron chi connectivity index (χ3n) is 3.50. The van der Waals surface area contributed by atoms with Gasteiger partial charge in [-0.05, 0) is 50.6 Å². The lowest BCUT2D eigenvalue weighted by Gasteiger charge is -2.22. The Hall–Kier alpha value is -2.12. The van der Waals surface area contributed by atoms with Crippen LogP contribution >= 0.6 is 0 Å². The van der Waals surface area contributed by atoms with Gasteiger partial charge in [0.25, 0.3) is 0 Å². The summed E-state index contributed by atoms with van der Waals surface area (Å²) in [5.41, 5.74) is 0.461. The molecule has 21 heavy (non-hydrogen) atoms. The number of rotatable bonds is 7. The molecule has 1 N–H and O–H groups in total. The smallest absolute Gasteiger partial charge is 0.128 e. The van der Waals surface area contributed by atoms with Gasteiger partial charge in [-0.25, -0.2) is 0 Å². The lowest BCUT2D eigenvalue weighted by Crippen LogP contribution is -2.40. The molecule has 4 heteroatoms. The van der Waals surface area contributed by atoms with Crippen LogP contribution in [0.1, 0.15) is 26.7 Å². The van der Waals surface area contributed by atoms with E-state index in [1.54, 1.807) is 6.20 Å². The SMILES string of the molecule is CCNC(C)(C#N)CCCOc1cccc2ncccc12. The minimum absolute atomic E-state index is 0.474. The molecule has 2 aromatic rings. The number of hydrogen-bond acceptors (Lipinski definition) is 4. The molecule has 1 aromatic carbocycles. The zero-order valence-corrected chi connectivity index (χ0v) is 12.6. The molecule has 0 aliphatic heterocycles. The average Bonchev–Trinajstić information content (AvgIpc) is 2.52. The second-order valence-electron chi connectivity index (χ2n) is 5.25. The highest BCUT2D eigenvalue weighted by molar-refractivity contribution is 5.84. The van der Waals surface area contributed by atoms with Crippen LogP contribution in [0.15, 0.2) is 36.5 Å². The Kier molecular flexibility index (Phi) is 5.13. The van der Waals surface area contributed by atoms with Crippen LogP contribution in [0, 0.1) is 11.3 Å². The molecular formula is C17H21N3O. The third-order valence-corrected chi connectivity index (χ3v) is 3.50. The first-order valence-corrected chi connectivity index (χ1v) is 7.31. The van der Waals surface area contributed by atoms with Crippen molar-refractivity contribution in [2.45, 2.75) is 32.2 Å². The largest absolute Gasteiger partial charge is 0.493 e. The van der Waals surface area contributed by atoms with E-state index in [2.05, 4.69) is 16.4 Å². The highest BCUT2D eigenvalue weighted by Crippen LogP contribution is 2.24. The van der Waals surface area contributed by atoms with E-state index in [0.717, 1.165) is 36.0 Å². The van der Waals surface area contributed by atoms with Gasteiger partial charge in [-0.15, -0.1) is 0 Å². The zero-order chi connectivity index (χ0) is 15.1. The van der Waals surface area contributed by atoms with E-state index in [4.69, 9.17) is 4.74 Å². The van der Waals surface area contributed by atoms with Gasteiger partial charge in [-0.2, -0.15) is 5.26 Å². The molecule has 4 nitrogen and oxygen atoms in total. The van der Waals surface area contributed by atoms with Gasteiger partial charge in [0.1, 0.15) is 11.3 Å². The van der Waals surface area contributed by atoms with Crippen molar-refractivity contribution < 1.29 is 4.74 Å². The Balaban J connectivity index is 1.93. The Morgan fingerprint density at radius 2 is 2.19 bits per heavy atom. The fourth-order valence-corrected chi connectivity index (χ4v) is 2.38. The first kappa shape index (κ1) is 15.3. The van der Waals surface area contributed by atoms with Crippen molar-refractivity contribution in [2.75, 3.05) is 13.2 Å². The highest BCUT2D eigenvalue weighted by Gasteiger charge is 2.21. The lowest BCUT2D eigenvalue weighted by atomic mass is 9.98. The molecule has 0 bridgehead atoms. The summed E-state index contributed by atoms with van der Waals surface area (Å²) >= 11 is 0. The summed E-state index contributed by atoms with van der Waals surface area (Å²) in [7, 11) is 0. The normalized spacial score (nSPS) is 13.6. The van der Waals surface area contributed by atoms with Crippen LogP contribution in [-0.4, -0.2) is 23.7 Å². The predicted octanol–water partition coefficient (Wildman–Crippen LogP) is 3.29. The molecule has 110 valence electrons. The summed E-state index contributed by atoms with van der Waals surface area (Å²) < 4.78 is 5.86. The van der Waals surface area contributed by atoms with Gasteiger partial charge in [0.2, 0.25) is 0 Å². The van der Waals surface area contributed by atoms with Crippen LogP contribution < -0.4 is 10.1 Å². The third kappa shape index (κ3) is 3.93. The fraction of sp³-hybridized carbons (Fsp3) is 0.412. The molecule has 0 saturated heterocycles. The summed E-state index contributed by atoms with van der Waals surface area (Å²) in [6.07, 6.45) is 3.37. The van der Waals surface area contributed by atoms with Crippen molar-refractivity contribution in [3.63, 3.8) is 0 Å². The minimum Gasteiger partial charge on any atom is -0.493 e. The molecule has 2 rings (SSSR count). The molecule has 1 unspecified atom stereocenters.